The lowest BCUT2D eigenvalue weighted by molar-refractivity contribution is -0.152. The van der Waals surface area contributed by atoms with Crippen LogP contribution in [0.3, 0.4) is 0 Å². The number of sulfonamides is 1. The molecule has 65 heavy (non-hydrogen) atoms. The number of nitrogens with zero attached hydrogens (tertiary/aromatic N) is 3. The highest BCUT2D eigenvalue weighted by atomic mass is 32.2. The number of fused-ring (bicyclic) bond motifs is 5. The van der Waals surface area contributed by atoms with E-state index in [2.05, 4.69) is 16.2 Å². The highest BCUT2D eigenvalue weighted by Crippen LogP contribution is 2.57. The minimum absolute atomic E-state index is 0.0650. The van der Waals surface area contributed by atoms with Crippen LogP contribution >= 0.6 is 0 Å². The van der Waals surface area contributed by atoms with Crippen LogP contribution in [0.15, 0.2) is 36.9 Å². The van der Waals surface area contributed by atoms with Crippen LogP contribution in [0.4, 0.5) is 0 Å². The Hall–Kier alpha value is -4.08. The van der Waals surface area contributed by atoms with Crippen LogP contribution in [0.1, 0.15) is 122 Å². The summed E-state index contributed by atoms with van der Waals surface area (Å²) < 4.78 is 53.2. The molecule has 2 bridgehead atoms. The molecule has 0 spiro atoms. The Kier molecular flexibility index (Phi) is 13.6. The molecule has 1 aromatic heterocycles. The maximum atomic E-state index is 15.2. The first-order valence-electron chi connectivity index (χ1n) is 24.6. The van der Waals surface area contributed by atoms with Crippen molar-refractivity contribution in [1.29, 1.82) is 0 Å². The van der Waals surface area contributed by atoms with Crippen molar-refractivity contribution in [2.24, 2.45) is 29.1 Å². The largest absolute Gasteiger partial charge is 0.491 e. The van der Waals surface area contributed by atoms with Gasteiger partial charge in [0.05, 0.1) is 53.5 Å². The highest BCUT2D eigenvalue weighted by molar-refractivity contribution is 7.91. The number of ether oxygens (including phenoxy) is 4. The van der Waals surface area contributed by atoms with Gasteiger partial charge in [-0.3, -0.25) is 28.8 Å². The molecule has 4 aliphatic carbocycles. The van der Waals surface area contributed by atoms with Crippen molar-refractivity contribution in [2.45, 2.75) is 145 Å². The Balaban J connectivity index is 1.04. The first kappa shape index (κ1) is 46.0. The Labute approximate surface area is 383 Å². The summed E-state index contributed by atoms with van der Waals surface area (Å²) in [6, 6.07) is 6.91. The number of pyridine rings is 1. The van der Waals surface area contributed by atoms with Crippen molar-refractivity contribution in [3.63, 3.8) is 0 Å². The van der Waals surface area contributed by atoms with Gasteiger partial charge in [0, 0.05) is 43.8 Å². The van der Waals surface area contributed by atoms with E-state index in [1.807, 2.05) is 24.3 Å². The summed E-state index contributed by atoms with van der Waals surface area (Å²) in [6.45, 7) is 9.90. The van der Waals surface area contributed by atoms with Crippen LogP contribution in [0.2, 0.25) is 0 Å². The second kappa shape index (κ2) is 19.3. The molecule has 0 unspecified atom stereocenters. The van der Waals surface area contributed by atoms with Crippen molar-refractivity contribution < 1.29 is 46.5 Å². The molecule has 2 saturated heterocycles. The number of aromatic nitrogens is 1. The molecule has 9 rings (SSSR count). The summed E-state index contributed by atoms with van der Waals surface area (Å²) in [6.07, 6.45) is 12.8. The molecule has 0 radical (unpaired) electrons. The van der Waals surface area contributed by atoms with E-state index in [0.29, 0.717) is 62.8 Å². The average Bonchev–Trinajstić information content (AvgIpc) is 4.26. The molecule has 7 atom stereocenters. The summed E-state index contributed by atoms with van der Waals surface area (Å²) in [5.74, 6) is -1.07. The third-order valence-corrected chi connectivity index (χ3v) is 18.0. The number of hydrogen-bond acceptors (Lipinski definition) is 12. The Morgan fingerprint density at radius 3 is 2.51 bits per heavy atom. The summed E-state index contributed by atoms with van der Waals surface area (Å²) in [4.78, 5) is 66.8. The SMILES string of the molecule is C=C[C@@H]1C[C@]1(CC(=O)[C@@H]1C[C@@H]2CN1C(=O)[C@H](CC1CCCCC1)CC(=O)O[C@@H]1C[C@H]1CCCCCc1c(nc3ccccc3c1OCCN1CCOCC1)O2)C(=O)NS(=O)(=O)C1(C)CC1. The molecule has 1 aromatic carbocycles. The van der Waals surface area contributed by atoms with E-state index in [-0.39, 0.29) is 61.9 Å². The van der Waals surface area contributed by atoms with Gasteiger partial charge in [0.25, 0.3) is 0 Å². The van der Waals surface area contributed by atoms with Gasteiger partial charge in [0.15, 0.2) is 5.78 Å². The first-order chi connectivity index (χ1) is 31.4. The third-order valence-electron chi connectivity index (χ3n) is 15.8. The zero-order valence-corrected chi connectivity index (χ0v) is 39.0. The molecule has 1 N–H and O–H groups in total. The maximum absolute atomic E-state index is 15.2. The van der Waals surface area contributed by atoms with Gasteiger partial charge in [-0.05, 0) is 88.2 Å². The molecular formula is C50H68N4O10S. The van der Waals surface area contributed by atoms with Crippen molar-refractivity contribution in [1.82, 2.24) is 19.5 Å². The van der Waals surface area contributed by atoms with E-state index in [0.717, 1.165) is 101 Å². The van der Waals surface area contributed by atoms with Gasteiger partial charge in [0.2, 0.25) is 27.7 Å². The summed E-state index contributed by atoms with van der Waals surface area (Å²) in [7, 11) is -3.96. The number of carbonyl (C=O) groups excluding carboxylic acids is 4. The summed E-state index contributed by atoms with van der Waals surface area (Å²) in [5, 5.41) is 0.894. The van der Waals surface area contributed by atoms with Crippen molar-refractivity contribution in [3.8, 4) is 11.6 Å². The number of para-hydroxylation sites is 1. The normalized spacial score (nSPS) is 31.0. The number of nitrogens with one attached hydrogen (secondary N) is 1. The van der Waals surface area contributed by atoms with Crippen molar-refractivity contribution >= 4 is 44.5 Å². The number of rotatable bonds is 13. The number of carbonyl (C=O) groups is 4. The fourth-order valence-electron chi connectivity index (χ4n) is 11.1. The second-order valence-corrected chi connectivity index (χ2v) is 22.7. The fourth-order valence-corrected chi connectivity index (χ4v) is 12.4. The van der Waals surface area contributed by atoms with E-state index < -0.39 is 50.1 Å². The molecule has 4 heterocycles. The number of ketones is 1. The van der Waals surface area contributed by atoms with Crippen LogP contribution in [0.25, 0.3) is 10.9 Å². The van der Waals surface area contributed by atoms with Gasteiger partial charge in [-0.1, -0.05) is 63.2 Å². The standard InChI is InChI=1S/C50H68N4O10S/c1-3-36-30-50(36,48(58)52-65(59,60)49(2)18-19-49)31-42(55)41-29-37-32-54(41)47(57)35(26-33-12-6-4-7-13-33)28-44(56)64-43-27-34(43)14-8-5-9-16-39-45(62-25-22-53-20-23-61-24-21-53)38-15-10-11-17-40(38)51-46(39)63-37/h3,10-11,15,17,33-37,41,43H,1,4-9,12-14,16,18-32H2,2H3,(H,52,58)/t34-,35-,36-,37-,41+,43-,50-/m1/s1. The number of Topliss-reactive ketones (excluding diaryl/α,β-unsaturated/α-hetero) is 1. The van der Waals surface area contributed by atoms with Gasteiger partial charge >= 0.3 is 5.97 Å². The third kappa shape index (κ3) is 10.3. The van der Waals surface area contributed by atoms with Crippen LogP contribution in [-0.4, -0.2) is 116 Å². The summed E-state index contributed by atoms with van der Waals surface area (Å²) in [5.41, 5.74) is 0.274. The quantitative estimate of drug-likeness (QED) is 0.172. The molecule has 2 aromatic rings. The number of hydrogen-bond donors (Lipinski definition) is 1. The topological polar surface area (TPSA) is 171 Å². The molecule has 2 amide bonds. The molecule has 15 heteroatoms. The predicted molar refractivity (Wildman–Crippen MR) is 244 cm³/mol. The smallest absolute Gasteiger partial charge is 0.306 e. The first-order valence-corrected chi connectivity index (χ1v) is 26.1. The van der Waals surface area contributed by atoms with Crippen LogP contribution < -0.4 is 14.2 Å². The van der Waals surface area contributed by atoms with E-state index >= 15 is 4.79 Å². The average molecular weight is 917 g/mol. The lowest BCUT2D eigenvalue weighted by Crippen LogP contribution is -2.47. The molecular weight excluding hydrogens is 849 g/mol. The minimum atomic E-state index is -3.96. The van der Waals surface area contributed by atoms with Crippen LogP contribution in [-0.2, 0) is 45.1 Å². The second-order valence-electron chi connectivity index (χ2n) is 20.5. The number of morpholine rings is 1. The lowest BCUT2D eigenvalue weighted by Gasteiger charge is -2.31. The Morgan fingerprint density at radius 1 is 1.00 bits per heavy atom. The molecule has 7 aliphatic rings. The number of amides is 2. The predicted octanol–water partition coefficient (Wildman–Crippen LogP) is 6.47. The van der Waals surface area contributed by atoms with Gasteiger partial charge < -0.3 is 23.8 Å². The number of esters is 1. The van der Waals surface area contributed by atoms with E-state index in [1.165, 1.54) is 0 Å². The van der Waals surface area contributed by atoms with Gasteiger partial charge in [-0.2, -0.15) is 0 Å². The van der Waals surface area contributed by atoms with E-state index in [9.17, 15) is 22.8 Å². The van der Waals surface area contributed by atoms with E-state index in [1.54, 1.807) is 17.9 Å². The fraction of sp³-hybridized carbons (Fsp3) is 0.700. The van der Waals surface area contributed by atoms with Crippen molar-refractivity contribution in [2.75, 3.05) is 46.0 Å². The van der Waals surface area contributed by atoms with Crippen LogP contribution in [0.5, 0.6) is 11.6 Å². The van der Waals surface area contributed by atoms with Gasteiger partial charge in [-0.25, -0.2) is 13.4 Å². The minimum Gasteiger partial charge on any atom is -0.491 e. The molecule has 14 nitrogen and oxygen atoms in total. The number of benzene rings is 1. The number of allylic oxidation sites excluding steroid dienone is 1. The summed E-state index contributed by atoms with van der Waals surface area (Å²) >= 11 is 0. The zero-order chi connectivity index (χ0) is 45.3. The molecule has 354 valence electrons. The van der Waals surface area contributed by atoms with Crippen LogP contribution in [0, 0.1) is 29.1 Å². The van der Waals surface area contributed by atoms with Gasteiger partial charge in [-0.15, -0.1) is 6.58 Å². The van der Waals surface area contributed by atoms with E-state index in [4.69, 9.17) is 23.9 Å². The Bertz CT molecular complexity index is 2240. The molecule has 6 fully saturated rings. The molecule has 4 saturated carbocycles. The lowest BCUT2D eigenvalue weighted by atomic mass is 9.81. The Morgan fingerprint density at radius 2 is 1.75 bits per heavy atom. The van der Waals surface area contributed by atoms with Gasteiger partial charge in [0.1, 0.15) is 24.6 Å². The monoisotopic (exact) mass is 916 g/mol. The molecule has 3 aliphatic heterocycles. The van der Waals surface area contributed by atoms with Crippen molar-refractivity contribution in [3.05, 3.63) is 42.5 Å². The highest BCUT2D eigenvalue weighted by Gasteiger charge is 2.62. The zero-order valence-electron chi connectivity index (χ0n) is 38.1. The maximum Gasteiger partial charge on any atom is 0.306 e.